The molecule has 0 heterocycles. The summed E-state index contributed by atoms with van der Waals surface area (Å²) in [5.74, 6) is -1.19. The van der Waals surface area contributed by atoms with Crippen molar-refractivity contribution in [2.75, 3.05) is 4.34 Å². The molecule has 0 fully saturated rings. The zero-order chi connectivity index (χ0) is 7.56. The highest BCUT2D eigenvalue weighted by atomic mass is 79.9. The molecular formula is C6H4BrF2N. The maximum absolute atomic E-state index is 12.5. The summed E-state index contributed by atoms with van der Waals surface area (Å²) in [5, 5.41) is 0. The molecule has 0 saturated carbocycles. The largest absolute Gasteiger partial charge is 0.320 e. The van der Waals surface area contributed by atoms with Crippen LogP contribution in [0.5, 0.6) is 0 Å². The Bertz CT molecular complexity index is 239. The molecule has 10 heavy (non-hydrogen) atoms. The van der Waals surface area contributed by atoms with Gasteiger partial charge in [-0.2, -0.15) is 0 Å². The molecule has 0 saturated heterocycles. The fourth-order valence-electron chi connectivity index (χ4n) is 0.566. The van der Waals surface area contributed by atoms with E-state index in [-0.39, 0.29) is 5.69 Å². The van der Waals surface area contributed by atoms with Crippen LogP contribution in [-0.4, -0.2) is 0 Å². The molecule has 0 amide bonds. The fraction of sp³-hybridized carbons (Fsp3) is 0. The van der Waals surface area contributed by atoms with Crippen molar-refractivity contribution >= 4 is 21.8 Å². The SMILES string of the molecule is Fc1ccc(NBr)c(F)c1. The number of halogens is 3. The minimum absolute atomic E-state index is 0.224. The quantitative estimate of drug-likeness (QED) is 0.699. The van der Waals surface area contributed by atoms with E-state index in [1.165, 1.54) is 12.1 Å². The second kappa shape index (κ2) is 2.96. The monoisotopic (exact) mass is 207 g/mol. The van der Waals surface area contributed by atoms with Gasteiger partial charge in [0, 0.05) is 22.2 Å². The summed E-state index contributed by atoms with van der Waals surface area (Å²) in [5.41, 5.74) is 0.224. The van der Waals surface area contributed by atoms with Crippen molar-refractivity contribution in [2.24, 2.45) is 0 Å². The number of rotatable bonds is 1. The summed E-state index contributed by atoms with van der Waals surface area (Å²) >= 11 is 2.82. The van der Waals surface area contributed by atoms with E-state index in [0.29, 0.717) is 0 Å². The zero-order valence-electron chi connectivity index (χ0n) is 4.87. The maximum atomic E-state index is 12.5. The van der Waals surface area contributed by atoms with Gasteiger partial charge >= 0.3 is 0 Å². The lowest BCUT2D eigenvalue weighted by Crippen LogP contribution is -1.86. The summed E-state index contributed by atoms with van der Waals surface area (Å²) < 4.78 is 27.1. The van der Waals surface area contributed by atoms with Gasteiger partial charge < -0.3 is 4.34 Å². The highest BCUT2D eigenvalue weighted by molar-refractivity contribution is 9.10. The van der Waals surface area contributed by atoms with Gasteiger partial charge in [0.15, 0.2) is 0 Å². The van der Waals surface area contributed by atoms with Gasteiger partial charge in [-0.1, -0.05) is 0 Å². The van der Waals surface area contributed by atoms with E-state index < -0.39 is 11.6 Å². The molecule has 0 radical (unpaired) electrons. The van der Waals surface area contributed by atoms with Gasteiger partial charge in [-0.25, -0.2) is 8.78 Å². The highest BCUT2D eigenvalue weighted by Crippen LogP contribution is 2.15. The van der Waals surface area contributed by atoms with Gasteiger partial charge in [0.2, 0.25) is 0 Å². The van der Waals surface area contributed by atoms with Crippen LogP contribution in [0.3, 0.4) is 0 Å². The number of nitrogens with one attached hydrogen (secondary N) is 1. The lowest BCUT2D eigenvalue weighted by molar-refractivity contribution is 0.586. The molecule has 1 nitrogen and oxygen atoms in total. The Hall–Kier alpha value is -0.640. The van der Waals surface area contributed by atoms with Crippen molar-refractivity contribution < 1.29 is 8.78 Å². The molecule has 0 unspecified atom stereocenters. The van der Waals surface area contributed by atoms with Crippen LogP contribution in [0.15, 0.2) is 18.2 Å². The molecule has 0 spiro atoms. The second-order valence-electron chi connectivity index (χ2n) is 1.72. The van der Waals surface area contributed by atoms with Gasteiger partial charge in [-0.3, -0.25) is 0 Å². The molecule has 1 N–H and O–H groups in total. The Labute approximate surface area is 65.4 Å². The van der Waals surface area contributed by atoms with Gasteiger partial charge in [0.25, 0.3) is 0 Å². The van der Waals surface area contributed by atoms with Crippen LogP contribution in [-0.2, 0) is 0 Å². The number of benzene rings is 1. The average molecular weight is 208 g/mol. The van der Waals surface area contributed by atoms with E-state index in [1.54, 1.807) is 0 Å². The topological polar surface area (TPSA) is 12.0 Å². The van der Waals surface area contributed by atoms with Crippen LogP contribution in [0, 0.1) is 11.6 Å². The van der Waals surface area contributed by atoms with Crippen molar-refractivity contribution in [3.63, 3.8) is 0 Å². The molecule has 0 aliphatic heterocycles. The predicted octanol–water partition coefficient (Wildman–Crippen LogP) is 2.69. The molecule has 0 aliphatic carbocycles. The molecule has 1 aromatic rings. The van der Waals surface area contributed by atoms with Crippen LogP contribution in [0.2, 0.25) is 0 Å². The van der Waals surface area contributed by atoms with Crippen LogP contribution in [0.4, 0.5) is 14.5 Å². The van der Waals surface area contributed by atoms with Crippen molar-refractivity contribution in [1.29, 1.82) is 0 Å². The molecule has 1 rings (SSSR count). The van der Waals surface area contributed by atoms with E-state index in [2.05, 4.69) is 20.5 Å². The molecular weight excluding hydrogens is 204 g/mol. The minimum Gasteiger partial charge on any atom is -0.320 e. The molecule has 0 bridgehead atoms. The Morgan fingerprint density at radius 2 is 2.00 bits per heavy atom. The molecule has 1 aromatic carbocycles. The lowest BCUT2D eigenvalue weighted by Gasteiger charge is -1.97. The van der Waals surface area contributed by atoms with Crippen molar-refractivity contribution in [2.45, 2.75) is 0 Å². The zero-order valence-corrected chi connectivity index (χ0v) is 6.45. The van der Waals surface area contributed by atoms with E-state index in [1.807, 2.05) is 0 Å². The minimum atomic E-state index is -0.614. The first-order valence-corrected chi connectivity index (χ1v) is 3.35. The van der Waals surface area contributed by atoms with E-state index >= 15 is 0 Å². The number of hydrogen-bond acceptors (Lipinski definition) is 1. The Balaban J connectivity index is 3.07. The van der Waals surface area contributed by atoms with Crippen molar-refractivity contribution in [3.8, 4) is 0 Å². The summed E-state index contributed by atoms with van der Waals surface area (Å²) in [6.45, 7) is 0. The normalized spacial score (nSPS) is 9.50. The van der Waals surface area contributed by atoms with E-state index in [9.17, 15) is 8.78 Å². The number of anilines is 1. The second-order valence-corrected chi connectivity index (χ2v) is 2.12. The fourth-order valence-corrected chi connectivity index (χ4v) is 0.888. The smallest absolute Gasteiger partial charge is 0.149 e. The first-order chi connectivity index (χ1) is 4.74. The first kappa shape index (κ1) is 7.47. The van der Waals surface area contributed by atoms with E-state index in [0.717, 1.165) is 6.07 Å². The van der Waals surface area contributed by atoms with Crippen LogP contribution < -0.4 is 4.34 Å². The van der Waals surface area contributed by atoms with Gasteiger partial charge in [-0.05, 0) is 12.1 Å². The first-order valence-electron chi connectivity index (χ1n) is 2.55. The lowest BCUT2D eigenvalue weighted by atomic mass is 10.3. The summed E-state index contributed by atoms with van der Waals surface area (Å²) in [7, 11) is 0. The molecule has 0 aliphatic rings. The van der Waals surface area contributed by atoms with Crippen LogP contribution in [0.1, 0.15) is 0 Å². The highest BCUT2D eigenvalue weighted by Gasteiger charge is 1.99. The average Bonchev–Trinajstić information content (AvgIpc) is 1.88. The van der Waals surface area contributed by atoms with Crippen molar-refractivity contribution in [1.82, 2.24) is 0 Å². The third-order valence-electron chi connectivity index (χ3n) is 1.03. The van der Waals surface area contributed by atoms with E-state index in [4.69, 9.17) is 0 Å². The standard InChI is InChI=1S/C6H4BrF2N/c7-10-6-2-1-4(8)3-5(6)9/h1-3,10H. The summed E-state index contributed by atoms with van der Waals surface area (Å²) in [4.78, 5) is 0. The maximum Gasteiger partial charge on any atom is 0.149 e. The summed E-state index contributed by atoms with van der Waals surface area (Å²) in [6, 6.07) is 3.29. The predicted molar refractivity (Wildman–Crippen MR) is 38.9 cm³/mol. The molecule has 4 heteroatoms. The summed E-state index contributed by atoms with van der Waals surface area (Å²) in [6.07, 6.45) is 0. The third-order valence-corrected chi connectivity index (χ3v) is 1.46. The van der Waals surface area contributed by atoms with Gasteiger partial charge in [-0.15, -0.1) is 0 Å². The number of hydrogen-bond donors (Lipinski definition) is 1. The van der Waals surface area contributed by atoms with Crippen molar-refractivity contribution in [3.05, 3.63) is 29.8 Å². The van der Waals surface area contributed by atoms with Crippen LogP contribution in [0.25, 0.3) is 0 Å². The Morgan fingerprint density at radius 1 is 1.30 bits per heavy atom. The van der Waals surface area contributed by atoms with Gasteiger partial charge in [0.05, 0.1) is 5.69 Å². The third kappa shape index (κ3) is 1.44. The van der Waals surface area contributed by atoms with Gasteiger partial charge in [0.1, 0.15) is 11.6 Å². The molecule has 0 atom stereocenters. The Kier molecular flexibility index (Phi) is 2.21. The van der Waals surface area contributed by atoms with Crippen LogP contribution >= 0.6 is 16.1 Å². The molecule has 0 aromatic heterocycles. The molecule has 54 valence electrons. The Morgan fingerprint density at radius 3 is 2.50 bits per heavy atom.